The lowest BCUT2D eigenvalue weighted by Gasteiger charge is -2.07. The summed E-state index contributed by atoms with van der Waals surface area (Å²) in [6.45, 7) is 0.0135. The highest BCUT2D eigenvalue weighted by Gasteiger charge is 2.09. The van der Waals surface area contributed by atoms with Crippen molar-refractivity contribution in [3.8, 4) is 0 Å². The summed E-state index contributed by atoms with van der Waals surface area (Å²) in [5.74, 6) is -0.775. The maximum absolute atomic E-state index is 11.8. The molecule has 108 valence electrons. The number of esters is 1. The van der Waals surface area contributed by atoms with Crippen molar-refractivity contribution < 1.29 is 14.3 Å². The predicted molar refractivity (Wildman–Crippen MR) is 82.7 cm³/mol. The van der Waals surface area contributed by atoms with Crippen molar-refractivity contribution in [1.82, 2.24) is 5.32 Å². The molecule has 0 saturated carbocycles. The zero-order chi connectivity index (χ0) is 15.1. The van der Waals surface area contributed by atoms with E-state index < -0.39 is 5.97 Å². The van der Waals surface area contributed by atoms with Crippen LogP contribution in [0.5, 0.6) is 0 Å². The van der Waals surface area contributed by atoms with E-state index >= 15 is 0 Å². The molecule has 0 fully saturated rings. The van der Waals surface area contributed by atoms with Crippen molar-refractivity contribution in [2.45, 2.75) is 6.61 Å². The summed E-state index contributed by atoms with van der Waals surface area (Å²) < 4.78 is 5.99. The van der Waals surface area contributed by atoms with Gasteiger partial charge in [-0.15, -0.1) is 0 Å². The molecule has 2 aromatic carbocycles. The first-order valence-corrected chi connectivity index (χ1v) is 7.18. The van der Waals surface area contributed by atoms with Crippen molar-refractivity contribution in [1.29, 1.82) is 0 Å². The molecule has 0 aromatic heterocycles. The fourth-order valence-corrected chi connectivity index (χ4v) is 2.07. The third kappa shape index (κ3) is 4.72. The van der Waals surface area contributed by atoms with Gasteiger partial charge in [0.2, 0.25) is 0 Å². The Balaban J connectivity index is 1.78. The molecule has 0 unspecified atom stereocenters. The highest BCUT2D eigenvalue weighted by molar-refractivity contribution is 9.10. The SMILES string of the molecule is O=C(CNC(=O)c1ccccc1)OCc1ccccc1Br. The third-order valence-corrected chi connectivity index (χ3v) is 3.55. The first-order chi connectivity index (χ1) is 10.2. The Morgan fingerprint density at radius 3 is 2.38 bits per heavy atom. The van der Waals surface area contributed by atoms with Crippen molar-refractivity contribution in [3.63, 3.8) is 0 Å². The highest BCUT2D eigenvalue weighted by Crippen LogP contribution is 2.16. The Morgan fingerprint density at radius 2 is 1.67 bits per heavy atom. The normalized spacial score (nSPS) is 9.95. The van der Waals surface area contributed by atoms with Crippen LogP contribution in [0, 0.1) is 0 Å². The minimum Gasteiger partial charge on any atom is -0.459 e. The Labute approximate surface area is 131 Å². The molecule has 21 heavy (non-hydrogen) atoms. The number of carbonyl (C=O) groups is 2. The number of hydrogen-bond acceptors (Lipinski definition) is 3. The first kappa shape index (κ1) is 15.3. The lowest BCUT2D eigenvalue weighted by molar-refractivity contribution is -0.143. The Hall–Kier alpha value is -2.14. The number of rotatable bonds is 5. The van der Waals surface area contributed by atoms with Crippen LogP contribution in [0.2, 0.25) is 0 Å². The van der Waals surface area contributed by atoms with E-state index in [1.807, 2.05) is 30.3 Å². The number of amides is 1. The van der Waals surface area contributed by atoms with Gasteiger partial charge in [0.1, 0.15) is 13.2 Å². The summed E-state index contributed by atoms with van der Waals surface area (Å²) in [7, 11) is 0. The molecule has 2 rings (SSSR count). The zero-order valence-corrected chi connectivity index (χ0v) is 12.8. The van der Waals surface area contributed by atoms with E-state index in [9.17, 15) is 9.59 Å². The molecule has 0 radical (unpaired) electrons. The second-order valence-electron chi connectivity index (χ2n) is 4.30. The zero-order valence-electron chi connectivity index (χ0n) is 11.2. The molecule has 4 nitrogen and oxygen atoms in total. The van der Waals surface area contributed by atoms with Crippen LogP contribution >= 0.6 is 15.9 Å². The molecule has 2 aromatic rings. The standard InChI is InChI=1S/C16H14BrNO3/c17-14-9-5-4-8-13(14)11-21-15(19)10-18-16(20)12-6-2-1-3-7-12/h1-9H,10-11H2,(H,18,20). The van der Waals surface area contributed by atoms with Gasteiger partial charge in [0.15, 0.2) is 0 Å². The summed E-state index contributed by atoms with van der Waals surface area (Å²) in [5, 5.41) is 2.52. The van der Waals surface area contributed by atoms with Gasteiger partial charge in [-0.2, -0.15) is 0 Å². The van der Waals surface area contributed by atoms with Crippen LogP contribution < -0.4 is 5.32 Å². The number of carbonyl (C=O) groups excluding carboxylic acids is 2. The Kier molecular flexibility index (Phi) is 5.51. The largest absolute Gasteiger partial charge is 0.459 e. The third-order valence-electron chi connectivity index (χ3n) is 2.78. The molecule has 0 aliphatic rings. The minimum absolute atomic E-state index is 0.155. The summed E-state index contributed by atoms with van der Waals surface area (Å²) >= 11 is 3.38. The summed E-state index contributed by atoms with van der Waals surface area (Å²) in [6, 6.07) is 16.2. The topological polar surface area (TPSA) is 55.4 Å². The number of ether oxygens (including phenoxy) is 1. The van der Waals surface area contributed by atoms with Crippen molar-refractivity contribution in [2.75, 3.05) is 6.54 Å². The van der Waals surface area contributed by atoms with E-state index in [0.717, 1.165) is 10.0 Å². The van der Waals surface area contributed by atoms with Gasteiger partial charge in [-0.25, -0.2) is 0 Å². The molecule has 0 bridgehead atoms. The fraction of sp³-hybridized carbons (Fsp3) is 0.125. The molecular weight excluding hydrogens is 334 g/mol. The van der Waals surface area contributed by atoms with Gasteiger partial charge in [-0.1, -0.05) is 52.3 Å². The van der Waals surface area contributed by atoms with Gasteiger partial charge in [-0.3, -0.25) is 9.59 Å². The molecule has 0 aliphatic heterocycles. The van der Waals surface area contributed by atoms with Crippen LogP contribution in [0.3, 0.4) is 0 Å². The highest BCUT2D eigenvalue weighted by atomic mass is 79.9. The lowest BCUT2D eigenvalue weighted by Crippen LogP contribution is -2.30. The van der Waals surface area contributed by atoms with E-state index in [1.54, 1.807) is 24.3 Å². The van der Waals surface area contributed by atoms with Gasteiger partial charge in [0.05, 0.1) is 0 Å². The van der Waals surface area contributed by atoms with Gasteiger partial charge >= 0.3 is 5.97 Å². The molecular formula is C16H14BrNO3. The monoisotopic (exact) mass is 347 g/mol. The van der Waals surface area contributed by atoms with Crippen LogP contribution in [-0.4, -0.2) is 18.4 Å². The van der Waals surface area contributed by atoms with Crippen LogP contribution in [0.25, 0.3) is 0 Å². The van der Waals surface area contributed by atoms with E-state index in [4.69, 9.17) is 4.74 Å². The second-order valence-corrected chi connectivity index (χ2v) is 5.16. The van der Waals surface area contributed by atoms with Gasteiger partial charge in [-0.05, 0) is 18.2 Å². The summed E-state index contributed by atoms with van der Waals surface area (Å²) in [4.78, 5) is 23.4. The molecule has 0 atom stereocenters. The van der Waals surface area contributed by atoms with Gasteiger partial charge < -0.3 is 10.1 Å². The van der Waals surface area contributed by atoms with Crippen LogP contribution in [0.4, 0.5) is 0 Å². The lowest BCUT2D eigenvalue weighted by atomic mass is 10.2. The average molecular weight is 348 g/mol. The first-order valence-electron chi connectivity index (χ1n) is 6.39. The summed E-state index contributed by atoms with van der Waals surface area (Å²) in [6.07, 6.45) is 0. The van der Waals surface area contributed by atoms with E-state index in [-0.39, 0.29) is 19.1 Å². The number of halogens is 1. The maximum atomic E-state index is 11.8. The van der Waals surface area contributed by atoms with Gasteiger partial charge in [0.25, 0.3) is 5.91 Å². The molecule has 0 heterocycles. The molecule has 0 spiro atoms. The van der Waals surface area contributed by atoms with Gasteiger partial charge in [0, 0.05) is 15.6 Å². The molecule has 5 heteroatoms. The number of nitrogens with one attached hydrogen (secondary N) is 1. The predicted octanol–water partition coefficient (Wildman–Crippen LogP) is 2.92. The second kappa shape index (κ2) is 7.59. The Morgan fingerprint density at radius 1 is 1.00 bits per heavy atom. The molecule has 0 saturated heterocycles. The quantitative estimate of drug-likeness (QED) is 0.846. The smallest absolute Gasteiger partial charge is 0.325 e. The number of benzene rings is 2. The van der Waals surface area contributed by atoms with Crippen molar-refractivity contribution >= 4 is 27.8 Å². The minimum atomic E-state index is -0.477. The molecule has 0 aliphatic carbocycles. The van der Waals surface area contributed by atoms with Crippen molar-refractivity contribution in [2.24, 2.45) is 0 Å². The maximum Gasteiger partial charge on any atom is 0.325 e. The summed E-state index contributed by atoms with van der Waals surface area (Å²) in [5.41, 5.74) is 1.39. The Bertz CT molecular complexity index is 628. The van der Waals surface area contributed by atoms with Crippen molar-refractivity contribution in [3.05, 3.63) is 70.2 Å². The molecule has 1 amide bonds. The van der Waals surface area contributed by atoms with Crippen LogP contribution in [0.1, 0.15) is 15.9 Å². The number of hydrogen-bond donors (Lipinski definition) is 1. The van der Waals surface area contributed by atoms with E-state index in [2.05, 4.69) is 21.2 Å². The average Bonchev–Trinajstić information content (AvgIpc) is 2.52. The van der Waals surface area contributed by atoms with Crippen LogP contribution in [-0.2, 0) is 16.1 Å². The molecule has 1 N–H and O–H groups in total. The van der Waals surface area contributed by atoms with E-state index in [0.29, 0.717) is 5.56 Å². The fourth-order valence-electron chi connectivity index (χ4n) is 1.67. The van der Waals surface area contributed by atoms with Crippen LogP contribution in [0.15, 0.2) is 59.1 Å². The van der Waals surface area contributed by atoms with E-state index in [1.165, 1.54) is 0 Å².